The van der Waals surface area contributed by atoms with Crippen molar-refractivity contribution in [2.75, 3.05) is 12.4 Å². The molecule has 116 valence electrons. The van der Waals surface area contributed by atoms with E-state index in [1.807, 2.05) is 24.3 Å². The molecule has 0 aliphatic heterocycles. The molecule has 1 amide bonds. The van der Waals surface area contributed by atoms with Crippen molar-refractivity contribution < 1.29 is 13.9 Å². The van der Waals surface area contributed by atoms with E-state index < -0.39 is 0 Å². The number of amides is 1. The first-order valence-corrected chi connectivity index (χ1v) is 8.02. The summed E-state index contributed by atoms with van der Waals surface area (Å²) in [6.07, 6.45) is 0. The quantitative estimate of drug-likeness (QED) is 0.792. The fraction of sp³-hybridized carbons (Fsp3) is 0.235. The molecule has 0 spiro atoms. The van der Waals surface area contributed by atoms with Gasteiger partial charge in [-0.2, -0.15) is 0 Å². The molecular weight excluding hydrogens is 301 g/mol. The highest BCUT2D eigenvalue weighted by Crippen LogP contribution is 2.17. The number of carbonyl (C=O) groups excluding carboxylic acids is 1. The van der Waals surface area contributed by atoms with Gasteiger partial charge in [0.25, 0.3) is 5.91 Å². The second kappa shape index (κ2) is 8.44. The maximum absolute atomic E-state index is 13.0. The minimum Gasteiger partial charge on any atom is -0.484 e. The van der Waals surface area contributed by atoms with Crippen molar-refractivity contribution in [3.8, 4) is 5.75 Å². The third-order valence-corrected chi connectivity index (χ3v) is 3.78. The Morgan fingerprint density at radius 3 is 2.68 bits per heavy atom. The Morgan fingerprint density at radius 1 is 1.23 bits per heavy atom. The van der Waals surface area contributed by atoms with Crippen molar-refractivity contribution in [3.05, 3.63) is 59.9 Å². The molecule has 0 fully saturated rings. The molecule has 2 rings (SSSR count). The number of carbonyl (C=O) groups is 1. The van der Waals surface area contributed by atoms with Gasteiger partial charge in [0, 0.05) is 17.5 Å². The Kier molecular flexibility index (Phi) is 6.27. The first kappa shape index (κ1) is 16.4. The highest BCUT2D eigenvalue weighted by atomic mass is 32.2. The number of rotatable bonds is 7. The highest BCUT2D eigenvalue weighted by molar-refractivity contribution is 7.99. The number of benzene rings is 2. The number of halogens is 1. The average Bonchev–Trinajstić information content (AvgIpc) is 2.53. The molecule has 3 nitrogen and oxygen atoms in total. The van der Waals surface area contributed by atoms with Gasteiger partial charge in [-0.25, -0.2) is 4.39 Å². The zero-order valence-corrected chi connectivity index (χ0v) is 13.2. The van der Waals surface area contributed by atoms with Gasteiger partial charge in [-0.05, 0) is 35.6 Å². The summed E-state index contributed by atoms with van der Waals surface area (Å²) in [6, 6.07) is 13.8. The second-order valence-electron chi connectivity index (χ2n) is 4.60. The molecular formula is C17H18FNO2S. The Hall–Kier alpha value is -2.01. The van der Waals surface area contributed by atoms with Gasteiger partial charge in [0.15, 0.2) is 6.61 Å². The summed E-state index contributed by atoms with van der Waals surface area (Å²) in [5, 5.41) is 2.77. The van der Waals surface area contributed by atoms with Crippen LogP contribution in [0.2, 0.25) is 0 Å². The fourth-order valence-corrected chi connectivity index (χ4v) is 2.49. The molecule has 22 heavy (non-hydrogen) atoms. The fourth-order valence-electron chi connectivity index (χ4n) is 1.83. The molecule has 0 saturated heterocycles. The van der Waals surface area contributed by atoms with Crippen molar-refractivity contribution in [1.29, 1.82) is 0 Å². The molecule has 0 bridgehead atoms. The van der Waals surface area contributed by atoms with E-state index in [-0.39, 0.29) is 18.3 Å². The standard InChI is InChI=1S/C17H18FNO2S/c1-2-22-16-8-6-13(7-9-16)11-19-17(20)12-21-15-5-3-4-14(18)10-15/h3-10H,2,11-12H2,1H3,(H,19,20). The lowest BCUT2D eigenvalue weighted by atomic mass is 10.2. The van der Waals surface area contributed by atoms with E-state index in [1.165, 1.54) is 17.0 Å². The summed E-state index contributed by atoms with van der Waals surface area (Å²) in [5.41, 5.74) is 1.03. The van der Waals surface area contributed by atoms with E-state index in [0.29, 0.717) is 12.3 Å². The van der Waals surface area contributed by atoms with Crippen molar-refractivity contribution in [3.63, 3.8) is 0 Å². The van der Waals surface area contributed by atoms with Crippen LogP contribution in [0.4, 0.5) is 4.39 Å². The summed E-state index contributed by atoms with van der Waals surface area (Å²) < 4.78 is 18.2. The zero-order chi connectivity index (χ0) is 15.8. The first-order valence-electron chi connectivity index (χ1n) is 7.04. The monoisotopic (exact) mass is 319 g/mol. The molecule has 2 aromatic rings. The summed E-state index contributed by atoms with van der Waals surface area (Å²) in [5.74, 6) is 0.753. The van der Waals surface area contributed by atoms with E-state index in [0.717, 1.165) is 11.3 Å². The molecule has 0 aliphatic carbocycles. The van der Waals surface area contributed by atoms with Crippen LogP contribution in [0, 0.1) is 5.82 Å². The molecule has 0 saturated carbocycles. The van der Waals surface area contributed by atoms with Crippen LogP contribution in [-0.4, -0.2) is 18.3 Å². The van der Waals surface area contributed by atoms with Gasteiger partial charge in [0.1, 0.15) is 11.6 Å². The SMILES string of the molecule is CCSc1ccc(CNC(=O)COc2cccc(F)c2)cc1. The summed E-state index contributed by atoms with van der Waals surface area (Å²) in [4.78, 5) is 12.9. The van der Waals surface area contributed by atoms with Crippen molar-refractivity contribution in [2.45, 2.75) is 18.4 Å². The van der Waals surface area contributed by atoms with Crippen molar-refractivity contribution >= 4 is 17.7 Å². The zero-order valence-electron chi connectivity index (χ0n) is 12.3. The predicted octanol–water partition coefficient (Wildman–Crippen LogP) is 3.63. The third-order valence-electron chi connectivity index (χ3n) is 2.89. The lowest BCUT2D eigenvalue weighted by Gasteiger charge is -2.08. The van der Waals surface area contributed by atoms with Gasteiger partial charge in [0.05, 0.1) is 0 Å². The minimum atomic E-state index is -0.386. The van der Waals surface area contributed by atoms with E-state index in [4.69, 9.17) is 4.74 Å². The van der Waals surface area contributed by atoms with Crippen LogP contribution in [0.3, 0.4) is 0 Å². The number of nitrogens with one attached hydrogen (secondary N) is 1. The van der Waals surface area contributed by atoms with Gasteiger partial charge < -0.3 is 10.1 Å². The van der Waals surface area contributed by atoms with E-state index >= 15 is 0 Å². The van der Waals surface area contributed by atoms with Crippen molar-refractivity contribution in [1.82, 2.24) is 5.32 Å². The van der Waals surface area contributed by atoms with E-state index in [9.17, 15) is 9.18 Å². The van der Waals surface area contributed by atoms with Crippen LogP contribution in [0.5, 0.6) is 5.75 Å². The molecule has 0 atom stereocenters. The van der Waals surface area contributed by atoms with Gasteiger partial charge in [-0.1, -0.05) is 25.1 Å². The molecule has 5 heteroatoms. The Labute approximate surface area is 133 Å². The highest BCUT2D eigenvalue weighted by Gasteiger charge is 2.04. The van der Waals surface area contributed by atoms with E-state index in [1.54, 1.807) is 23.9 Å². The average molecular weight is 319 g/mol. The van der Waals surface area contributed by atoms with Crippen LogP contribution < -0.4 is 10.1 Å². The summed E-state index contributed by atoms with van der Waals surface area (Å²) in [7, 11) is 0. The number of thioether (sulfide) groups is 1. The van der Waals surface area contributed by atoms with Crippen LogP contribution in [0.15, 0.2) is 53.4 Å². The summed E-state index contributed by atoms with van der Waals surface area (Å²) in [6.45, 7) is 2.42. The largest absolute Gasteiger partial charge is 0.484 e. The third kappa shape index (κ3) is 5.41. The summed E-state index contributed by atoms with van der Waals surface area (Å²) >= 11 is 1.78. The maximum atomic E-state index is 13.0. The first-order chi connectivity index (χ1) is 10.7. The topological polar surface area (TPSA) is 38.3 Å². The minimum absolute atomic E-state index is 0.132. The van der Waals surface area contributed by atoms with Gasteiger partial charge in [-0.15, -0.1) is 11.8 Å². The Bertz CT molecular complexity index is 616. The van der Waals surface area contributed by atoms with Crippen LogP contribution in [-0.2, 0) is 11.3 Å². The van der Waals surface area contributed by atoms with Crippen LogP contribution in [0.1, 0.15) is 12.5 Å². The Balaban J connectivity index is 1.75. The lowest BCUT2D eigenvalue weighted by molar-refractivity contribution is -0.123. The number of hydrogen-bond acceptors (Lipinski definition) is 3. The second-order valence-corrected chi connectivity index (χ2v) is 5.94. The van der Waals surface area contributed by atoms with Crippen LogP contribution in [0.25, 0.3) is 0 Å². The van der Waals surface area contributed by atoms with Crippen molar-refractivity contribution in [2.24, 2.45) is 0 Å². The van der Waals surface area contributed by atoms with Gasteiger partial charge in [-0.3, -0.25) is 4.79 Å². The van der Waals surface area contributed by atoms with Gasteiger partial charge >= 0.3 is 0 Å². The predicted molar refractivity (Wildman–Crippen MR) is 86.6 cm³/mol. The molecule has 0 aromatic heterocycles. The Morgan fingerprint density at radius 2 is 2.00 bits per heavy atom. The molecule has 0 heterocycles. The number of hydrogen-bond donors (Lipinski definition) is 1. The normalized spacial score (nSPS) is 10.3. The van der Waals surface area contributed by atoms with E-state index in [2.05, 4.69) is 12.2 Å². The maximum Gasteiger partial charge on any atom is 0.258 e. The molecule has 2 aromatic carbocycles. The smallest absolute Gasteiger partial charge is 0.258 e. The molecule has 0 aliphatic rings. The lowest BCUT2D eigenvalue weighted by Crippen LogP contribution is -2.28. The van der Waals surface area contributed by atoms with Crippen LogP contribution >= 0.6 is 11.8 Å². The molecule has 0 unspecified atom stereocenters. The molecule has 0 radical (unpaired) electrons. The number of ether oxygens (including phenoxy) is 1. The van der Waals surface area contributed by atoms with Gasteiger partial charge in [0.2, 0.25) is 0 Å². The molecule has 1 N–H and O–H groups in total.